The number of rotatable bonds is 8. The van der Waals surface area contributed by atoms with Crippen molar-refractivity contribution in [1.82, 2.24) is 10.2 Å². The lowest BCUT2D eigenvalue weighted by Crippen LogP contribution is -2.41. The van der Waals surface area contributed by atoms with Crippen molar-refractivity contribution < 1.29 is 9.53 Å². The number of methoxy groups -OCH3 is 1. The van der Waals surface area contributed by atoms with E-state index in [9.17, 15) is 4.79 Å². The molecule has 2 aromatic rings. The first kappa shape index (κ1) is 20.0. The van der Waals surface area contributed by atoms with Gasteiger partial charge in [0.25, 0.3) is 0 Å². The van der Waals surface area contributed by atoms with Gasteiger partial charge < -0.3 is 10.1 Å². The van der Waals surface area contributed by atoms with Crippen molar-refractivity contribution in [3.8, 4) is 5.75 Å². The van der Waals surface area contributed by atoms with Gasteiger partial charge in [-0.2, -0.15) is 0 Å². The highest BCUT2D eigenvalue weighted by atomic mass is 16.5. The maximum Gasteiger partial charge on any atom is 0.242 e. The van der Waals surface area contributed by atoms with Crippen LogP contribution in [0.2, 0.25) is 0 Å². The second-order valence-electron chi connectivity index (χ2n) is 6.51. The predicted molar refractivity (Wildman–Crippen MR) is 106 cm³/mol. The molecule has 2 aromatic carbocycles. The summed E-state index contributed by atoms with van der Waals surface area (Å²) in [5.74, 6) is 0.804. The molecule has 0 saturated carbocycles. The van der Waals surface area contributed by atoms with Crippen molar-refractivity contribution in [2.24, 2.45) is 0 Å². The van der Waals surface area contributed by atoms with Gasteiger partial charge >= 0.3 is 0 Å². The van der Waals surface area contributed by atoms with E-state index in [1.807, 2.05) is 56.3 Å². The van der Waals surface area contributed by atoms with Crippen molar-refractivity contribution in [1.29, 1.82) is 0 Å². The molecule has 0 bridgehead atoms. The Morgan fingerprint density at radius 3 is 2.35 bits per heavy atom. The van der Waals surface area contributed by atoms with E-state index in [1.54, 1.807) is 7.11 Å². The summed E-state index contributed by atoms with van der Waals surface area (Å²) in [7, 11) is 1.66. The summed E-state index contributed by atoms with van der Waals surface area (Å²) in [5.41, 5.74) is 3.15. The fraction of sp³-hybridized carbons (Fsp3) is 0.409. The second kappa shape index (κ2) is 9.39. The third kappa shape index (κ3) is 4.64. The summed E-state index contributed by atoms with van der Waals surface area (Å²) in [4.78, 5) is 15.3. The van der Waals surface area contributed by atoms with Gasteiger partial charge in [-0.25, -0.2) is 0 Å². The standard InChI is InChI=1S/C22H30N2O2/c1-6-24(7-2)21(18-11-9-8-10-12-18)22(25)23-17(4)19-15-16(3)13-14-20(19)26-5/h8-15,17,21H,6-7H2,1-5H3,(H,23,25). The highest BCUT2D eigenvalue weighted by Crippen LogP contribution is 2.28. The van der Waals surface area contributed by atoms with E-state index in [0.717, 1.165) is 35.5 Å². The fourth-order valence-corrected chi connectivity index (χ4v) is 3.31. The minimum Gasteiger partial charge on any atom is -0.496 e. The van der Waals surface area contributed by atoms with Gasteiger partial charge in [-0.3, -0.25) is 9.69 Å². The SMILES string of the molecule is CCN(CC)C(C(=O)NC(C)c1cc(C)ccc1OC)c1ccccc1. The highest BCUT2D eigenvalue weighted by molar-refractivity contribution is 5.83. The highest BCUT2D eigenvalue weighted by Gasteiger charge is 2.27. The number of hydrogen-bond donors (Lipinski definition) is 1. The lowest BCUT2D eigenvalue weighted by atomic mass is 10.0. The minimum absolute atomic E-state index is 0.0101. The van der Waals surface area contributed by atoms with E-state index >= 15 is 0 Å². The number of benzene rings is 2. The van der Waals surface area contributed by atoms with Crippen LogP contribution in [0.4, 0.5) is 0 Å². The third-order valence-corrected chi connectivity index (χ3v) is 4.75. The van der Waals surface area contributed by atoms with Gasteiger partial charge in [-0.1, -0.05) is 61.9 Å². The Morgan fingerprint density at radius 1 is 1.12 bits per heavy atom. The maximum atomic E-state index is 13.2. The minimum atomic E-state index is -0.301. The monoisotopic (exact) mass is 354 g/mol. The van der Waals surface area contributed by atoms with Crippen molar-refractivity contribution in [3.05, 3.63) is 65.2 Å². The number of amides is 1. The molecule has 0 heterocycles. The van der Waals surface area contributed by atoms with Crippen LogP contribution in [0.5, 0.6) is 5.75 Å². The van der Waals surface area contributed by atoms with E-state index in [2.05, 4.69) is 30.1 Å². The Morgan fingerprint density at radius 2 is 1.77 bits per heavy atom. The van der Waals surface area contributed by atoms with Crippen molar-refractivity contribution >= 4 is 5.91 Å². The number of aryl methyl sites for hydroxylation is 1. The predicted octanol–water partition coefficient (Wildman–Crippen LogP) is 4.26. The molecule has 2 rings (SSSR count). The second-order valence-corrected chi connectivity index (χ2v) is 6.51. The zero-order valence-corrected chi connectivity index (χ0v) is 16.5. The van der Waals surface area contributed by atoms with E-state index < -0.39 is 0 Å². The number of carbonyl (C=O) groups excluding carboxylic acids is 1. The van der Waals surface area contributed by atoms with Crippen LogP contribution in [0.1, 0.15) is 49.5 Å². The Kier molecular flexibility index (Phi) is 7.22. The lowest BCUT2D eigenvalue weighted by molar-refractivity contribution is -0.127. The molecule has 0 spiro atoms. The number of hydrogen-bond acceptors (Lipinski definition) is 3. The average Bonchev–Trinajstić information content (AvgIpc) is 2.66. The number of nitrogens with one attached hydrogen (secondary N) is 1. The topological polar surface area (TPSA) is 41.6 Å². The Balaban J connectivity index is 2.28. The molecule has 26 heavy (non-hydrogen) atoms. The molecule has 1 N–H and O–H groups in total. The van der Waals surface area contributed by atoms with Crippen molar-refractivity contribution in [3.63, 3.8) is 0 Å². The van der Waals surface area contributed by atoms with Crippen LogP contribution >= 0.6 is 0 Å². The van der Waals surface area contributed by atoms with E-state index in [0.29, 0.717) is 0 Å². The van der Waals surface area contributed by atoms with Gasteiger partial charge in [0.05, 0.1) is 13.2 Å². The zero-order valence-electron chi connectivity index (χ0n) is 16.5. The molecule has 0 aliphatic carbocycles. The van der Waals surface area contributed by atoms with Crippen LogP contribution in [0, 0.1) is 6.92 Å². The van der Waals surface area contributed by atoms with Crippen LogP contribution in [0.3, 0.4) is 0 Å². The summed E-state index contributed by atoms with van der Waals surface area (Å²) in [6.45, 7) is 9.83. The summed E-state index contributed by atoms with van der Waals surface area (Å²) in [5, 5.41) is 3.19. The molecule has 0 aliphatic heterocycles. The first-order valence-electron chi connectivity index (χ1n) is 9.25. The van der Waals surface area contributed by atoms with E-state index in [-0.39, 0.29) is 18.0 Å². The third-order valence-electron chi connectivity index (χ3n) is 4.75. The number of ether oxygens (including phenoxy) is 1. The molecular weight excluding hydrogens is 324 g/mol. The van der Waals surface area contributed by atoms with Crippen LogP contribution in [-0.2, 0) is 4.79 Å². The largest absolute Gasteiger partial charge is 0.496 e. The summed E-state index contributed by atoms with van der Waals surface area (Å²) in [6, 6.07) is 15.5. The van der Waals surface area contributed by atoms with E-state index in [1.165, 1.54) is 0 Å². The van der Waals surface area contributed by atoms with Crippen LogP contribution in [-0.4, -0.2) is 31.0 Å². The van der Waals surface area contributed by atoms with Gasteiger partial charge in [0, 0.05) is 5.56 Å². The molecule has 0 saturated heterocycles. The zero-order chi connectivity index (χ0) is 19.1. The molecule has 1 amide bonds. The lowest BCUT2D eigenvalue weighted by Gasteiger charge is -2.30. The molecule has 0 aliphatic rings. The molecule has 4 nitrogen and oxygen atoms in total. The normalized spacial score (nSPS) is 13.3. The first-order valence-corrected chi connectivity index (χ1v) is 9.25. The maximum absolute atomic E-state index is 13.2. The number of nitrogens with zero attached hydrogens (tertiary/aromatic N) is 1. The molecule has 0 aromatic heterocycles. The number of carbonyl (C=O) groups is 1. The van der Waals surface area contributed by atoms with Gasteiger partial charge in [-0.15, -0.1) is 0 Å². The summed E-state index contributed by atoms with van der Waals surface area (Å²) < 4.78 is 5.48. The summed E-state index contributed by atoms with van der Waals surface area (Å²) >= 11 is 0. The Bertz CT molecular complexity index is 711. The van der Waals surface area contributed by atoms with Crippen molar-refractivity contribution in [2.45, 2.75) is 39.8 Å². The van der Waals surface area contributed by atoms with Crippen LogP contribution in [0.15, 0.2) is 48.5 Å². The quantitative estimate of drug-likeness (QED) is 0.770. The number of likely N-dealkylation sites (N-methyl/N-ethyl adjacent to an activating group) is 1. The van der Waals surface area contributed by atoms with E-state index in [4.69, 9.17) is 4.74 Å². The van der Waals surface area contributed by atoms with Crippen LogP contribution in [0.25, 0.3) is 0 Å². The molecule has 0 fully saturated rings. The smallest absolute Gasteiger partial charge is 0.242 e. The molecule has 0 radical (unpaired) electrons. The molecular formula is C22H30N2O2. The average molecular weight is 354 g/mol. The van der Waals surface area contributed by atoms with Crippen molar-refractivity contribution in [2.75, 3.05) is 20.2 Å². The Labute approximate surface area is 157 Å². The van der Waals surface area contributed by atoms with Gasteiger partial charge in [0.1, 0.15) is 11.8 Å². The molecule has 140 valence electrons. The van der Waals surface area contributed by atoms with Gasteiger partial charge in [0.15, 0.2) is 0 Å². The van der Waals surface area contributed by atoms with Gasteiger partial charge in [-0.05, 0) is 38.6 Å². The Hall–Kier alpha value is -2.33. The molecule has 2 unspecified atom stereocenters. The fourth-order valence-electron chi connectivity index (χ4n) is 3.31. The van der Waals surface area contributed by atoms with Crippen LogP contribution < -0.4 is 10.1 Å². The van der Waals surface area contributed by atoms with Gasteiger partial charge in [0.2, 0.25) is 5.91 Å². The molecule has 4 heteroatoms. The molecule has 2 atom stereocenters. The summed E-state index contributed by atoms with van der Waals surface area (Å²) in [6.07, 6.45) is 0. The first-order chi connectivity index (χ1) is 12.5.